The molecule has 0 spiro atoms. The van der Waals surface area contributed by atoms with Crippen LogP contribution >= 0.6 is 11.6 Å². The fourth-order valence-electron chi connectivity index (χ4n) is 1.81. The second kappa shape index (κ2) is 7.04. The summed E-state index contributed by atoms with van der Waals surface area (Å²) in [7, 11) is 1.72. The number of pyridine rings is 1. The fraction of sp³-hybridized carbons (Fsp3) is 0.188. The molecular formula is C16H16ClN3O2. The quantitative estimate of drug-likeness (QED) is 0.881. The lowest BCUT2D eigenvalue weighted by Gasteiger charge is -2.14. The Labute approximate surface area is 133 Å². The Balaban J connectivity index is 2.16. The van der Waals surface area contributed by atoms with Gasteiger partial charge in [0.15, 0.2) is 0 Å². The Morgan fingerprint density at radius 1 is 1.23 bits per heavy atom. The topological polar surface area (TPSA) is 62.3 Å². The van der Waals surface area contributed by atoms with E-state index in [1.54, 1.807) is 48.3 Å². The summed E-state index contributed by atoms with van der Waals surface area (Å²) in [5.74, 6) is -0.428. The lowest BCUT2D eigenvalue weighted by molar-refractivity contribution is 0.0802. The van der Waals surface area contributed by atoms with Crippen LogP contribution in [-0.2, 0) is 0 Å². The molecule has 0 atom stereocenters. The van der Waals surface area contributed by atoms with Gasteiger partial charge in [0.2, 0.25) is 0 Å². The summed E-state index contributed by atoms with van der Waals surface area (Å²) < 4.78 is 0. The number of rotatable bonds is 4. The van der Waals surface area contributed by atoms with Crippen LogP contribution in [-0.4, -0.2) is 35.3 Å². The molecule has 0 fully saturated rings. The number of hydrogen-bond donors (Lipinski definition) is 1. The van der Waals surface area contributed by atoms with Crippen LogP contribution in [0.1, 0.15) is 27.6 Å². The molecule has 0 bridgehead atoms. The molecule has 6 heteroatoms. The summed E-state index contributed by atoms with van der Waals surface area (Å²) in [5, 5.41) is 3.06. The fourth-order valence-corrected chi connectivity index (χ4v) is 1.92. The van der Waals surface area contributed by atoms with Crippen molar-refractivity contribution < 1.29 is 9.59 Å². The summed E-state index contributed by atoms with van der Waals surface area (Å²) in [6, 6.07) is 9.86. The molecule has 0 radical (unpaired) electrons. The minimum absolute atomic E-state index is 0.120. The van der Waals surface area contributed by atoms with Gasteiger partial charge in [0.25, 0.3) is 11.8 Å². The van der Waals surface area contributed by atoms with E-state index in [4.69, 9.17) is 11.6 Å². The van der Waals surface area contributed by atoms with Gasteiger partial charge in [-0.05, 0) is 37.3 Å². The van der Waals surface area contributed by atoms with E-state index in [9.17, 15) is 9.59 Å². The number of aromatic nitrogens is 1. The molecule has 0 saturated carbocycles. The van der Waals surface area contributed by atoms with Crippen molar-refractivity contribution in [2.75, 3.05) is 18.9 Å². The third-order valence-corrected chi connectivity index (χ3v) is 3.40. The Kier molecular flexibility index (Phi) is 5.12. The zero-order valence-corrected chi connectivity index (χ0v) is 13.1. The number of hydrogen-bond acceptors (Lipinski definition) is 3. The molecule has 114 valence electrons. The second-order valence-corrected chi connectivity index (χ2v) is 5.11. The molecule has 0 aliphatic rings. The van der Waals surface area contributed by atoms with Crippen LogP contribution in [0.3, 0.4) is 0 Å². The molecule has 5 nitrogen and oxygen atoms in total. The monoisotopic (exact) mass is 317 g/mol. The summed E-state index contributed by atoms with van der Waals surface area (Å²) in [4.78, 5) is 29.8. The van der Waals surface area contributed by atoms with Crippen molar-refractivity contribution in [2.24, 2.45) is 0 Å². The van der Waals surface area contributed by atoms with Gasteiger partial charge in [0, 0.05) is 24.7 Å². The van der Waals surface area contributed by atoms with Crippen LogP contribution in [0.4, 0.5) is 5.69 Å². The van der Waals surface area contributed by atoms with Crippen molar-refractivity contribution in [3.05, 3.63) is 58.9 Å². The minimum atomic E-state index is -0.307. The van der Waals surface area contributed by atoms with Gasteiger partial charge in [0.1, 0.15) is 5.15 Å². The lowest BCUT2D eigenvalue weighted by atomic mass is 10.1. The molecule has 2 rings (SSSR count). The number of halogens is 1. The van der Waals surface area contributed by atoms with Crippen LogP contribution in [0.5, 0.6) is 0 Å². The number of carbonyl (C=O) groups is 2. The molecule has 0 aliphatic heterocycles. The van der Waals surface area contributed by atoms with Crippen molar-refractivity contribution in [1.29, 1.82) is 0 Å². The predicted octanol–water partition coefficient (Wildman–Crippen LogP) is 3.08. The maximum Gasteiger partial charge on any atom is 0.255 e. The summed E-state index contributed by atoms with van der Waals surface area (Å²) in [6.07, 6.45) is 1.47. The van der Waals surface area contributed by atoms with Gasteiger partial charge < -0.3 is 10.2 Å². The van der Waals surface area contributed by atoms with E-state index in [0.717, 1.165) is 0 Å². The number of benzene rings is 1. The maximum atomic E-state index is 12.2. The first-order chi connectivity index (χ1) is 10.5. The first-order valence-electron chi connectivity index (χ1n) is 6.79. The van der Waals surface area contributed by atoms with Gasteiger partial charge >= 0.3 is 0 Å². The van der Waals surface area contributed by atoms with Crippen LogP contribution in [0, 0.1) is 0 Å². The van der Waals surface area contributed by atoms with Gasteiger partial charge in [-0.2, -0.15) is 0 Å². The van der Waals surface area contributed by atoms with E-state index in [0.29, 0.717) is 28.5 Å². The lowest BCUT2D eigenvalue weighted by Crippen LogP contribution is -2.26. The Hall–Kier alpha value is -2.40. The van der Waals surface area contributed by atoms with Crippen molar-refractivity contribution in [3.8, 4) is 0 Å². The van der Waals surface area contributed by atoms with Crippen molar-refractivity contribution in [1.82, 2.24) is 9.88 Å². The van der Waals surface area contributed by atoms with Gasteiger partial charge in [-0.1, -0.05) is 17.7 Å². The largest absolute Gasteiger partial charge is 0.342 e. The Morgan fingerprint density at radius 2 is 1.95 bits per heavy atom. The van der Waals surface area contributed by atoms with E-state index in [2.05, 4.69) is 10.3 Å². The highest BCUT2D eigenvalue weighted by Gasteiger charge is 2.13. The molecule has 0 unspecified atom stereocenters. The Morgan fingerprint density at radius 3 is 2.59 bits per heavy atom. The van der Waals surface area contributed by atoms with E-state index < -0.39 is 0 Å². The summed E-state index contributed by atoms with van der Waals surface area (Å²) >= 11 is 5.70. The molecule has 1 N–H and O–H groups in total. The molecule has 1 aromatic carbocycles. The minimum Gasteiger partial charge on any atom is -0.342 e. The number of anilines is 1. The zero-order valence-electron chi connectivity index (χ0n) is 12.3. The molecule has 0 aliphatic carbocycles. The van der Waals surface area contributed by atoms with Crippen LogP contribution in [0.25, 0.3) is 0 Å². The highest BCUT2D eigenvalue weighted by atomic mass is 35.5. The van der Waals surface area contributed by atoms with E-state index in [-0.39, 0.29) is 11.8 Å². The van der Waals surface area contributed by atoms with Gasteiger partial charge in [-0.15, -0.1) is 0 Å². The van der Waals surface area contributed by atoms with Crippen LogP contribution in [0.2, 0.25) is 5.15 Å². The Bertz CT molecular complexity index is 686. The third kappa shape index (κ3) is 3.83. The van der Waals surface area contributed by atoms with Gasteiger partial charge in [0.05, 0.1) is 11.9 Å². The summed E-state index contributed by atoms with van der Waals surface area (Å²) in [5.41, 5.74) is 1.42. The highest BCUT2D eigenvalue weighted by Crippen LogP contribution is 2.13. The molecule has 1 heterocycles. The van der Waals surface area contributed by atoms with Crippen molar-refractivity contribution in [2.45, 2.75) is 6.92 Å². The number of amides is 2. The van der Waals surface area contributed by atoms with Crippen LogP contribution in [0.15, 0.2) is 42.6 Å². The molecular weight excluding hydrogens is 302 g/mol. The van der Waals surface area contributed by atoms with E-state index in [1.165, 1.54) is 6.20 Å². The zero-order chi connectivity index (χ0) is 16.1. The van der Waals surface area contributed by atoms with Gasteiger partial charge in [-0.25, -0.2) is 4.98 Å². The van der Waals surface area contributed by atoms with Crippen molar-refractivity contribution >= 4 is 29.1 Å². The predicted molar refractivity (Wildman–Crippen MR) is 86.3 cm³/mol. The first kappa shape index (κ1) is 16.0. The third-order valence-electron chi connectivity index (χ3n) is 3.18. The number of carbonyl (C=O) groups excluding carboxylic acids is 2. The maximum absolute atomic E-state index is 12.2. The molecule has 2 aromatic rings. The SMILES string of the molecule is CCN(C)C(=O)c1cccc(C(=O)Nc2ccc(Cl)nc2)c1. The number of nitrogens with one attached hydrogen (secondary N) is 1. The average molecular weight is 318 g/mol. The number of nitrogens with zero attached hydrogens (tertiary/aromatic N) is 2. The first-order valence-corrected chi connectivity index (χ1v) is 7.17. The van der Waals surface area contributed by atoms with E-state index >= 15 is 0 Å². The highest BCUT2D eigenvalue weighted by molar-refractivity contribution is 6.29. The molecule has 1 aromatic heterocycles. The normalized spacial score (nSPS) is 10.1. The second-order valence-electron chi connectivity index (χ2n) is 4.72. The molecule has 2 amide bonds. The van der Waals surface area contributed by atoms with E-state index in [1.807, 2.05) is 6.92 Å². The molecule has 0 saturated heterocycles. The molecule has 22 heavy (non-hydrogen) atoms. The van der Waals surface area contributed by atoms with Crippen molar-refractivity contribution in [3.63, 3.8) is 0 Å². The summed E-state index contributed by atoms with van der Waals surface area (Å²) in [6.45, 7) is 2.49. The average Bonchev–Trinajstić information content (AvgIpc) is 2.55. The van der Waals surface area contributed by atoms with Gasteiger partial charge in [-0.3, -0.25) is 9.59 Å². The smallest absolute Gasteiger partial charge is 0.255 e. The standard InChI is InChI=1S/C16H16ClN3O2/c1-3-20(2)16(22)12-6-4-5-11(9-12)15(21)19-13-7-8-14(17)18-10-13/h4-10H,3H2,1-2H3,(H,19,21). The van der Waals surface area contributed by atoms with Crippen LogP contribution < -0.4 is 5.32 Å².